The van der Waals surface area contributed by atoms with E-state index in [2.05, 4.69) is 36.1 Å². The summed E-state index contributed by atoms with van der Waals surface area (Å²) in [6.45, 7) is 5.24. The van der Waals surface area contributed by atoms with Gasteiger partial charge in [0, 0.05) is 37.3 Å². The van der Waals surface area contributed by atoms with Crippen molar-refractivity contribution in [3.8, 4) is 0 Å². The Morgan fingerprint density at radius 3 is 2.42 bits per heavy atom. The highest BCUT2D eigenvalue weighted by Crippen LogP contribution is 2.23. The van der Waals surface area contributed by atoms with Crippen LogP contribution in [0.1, 0.15) is 16.1 Å². The number of anilines is 1. The lowest BCUT2D eigenvalue weighted by atomic mass is 10.1. The summed E-state index contributed by atoms with van der Waals surface area (Å²) in [6, 6.07) is 18.0. The number of carbonyl (C=O) groups excluding carboxylic acids is 1. The molecule has 0 aliphatic carbocycles. The highest BCUT2D eigenvalue weighted by Gasteiger charge is 2.25. The lowest BCUT2D eigenvalue weighted by molar-refractivity contribution is 0.0717. The molecule has 0 radical (unpaired) electrons. The Morgan fingerprint density at radius 1 is 0.958 bits per heavy atom. The zero-order valence-electron chi connectivity index (χ0n) is 13.7. The monoisotopic (exact) mass is 320 g/mol. The van der Waals surface area contributed by atoms with Crippen LogP contribution in [0.25, 0.3) is 11.0 Å². The highest BCUT2D eigenvalue weighted by molar-refractivity contribution is 5.96. The molecule has 1 aliphatic rings. The molecule has 3 aromatic rings. The minimum absolute atomic E-state index is 0.0179. The van der Waals surface area contributed by atoms with Crippen molar-refractivity contribution >= 4 is 22.6 Å². The van der Waals surface area contributed by atoms with Gasteiger partial charge >= 0.3 is 0 Å². The second-order valence-corrected chi connectivity index (χ2v) is 6.21. The van der Waals surface area contributed by atoms with Crippen LogP contribution in [0.15, 0.2) is 59.0 Å². The zero-order chi connectivity index (χ0) is 16.5. The van der Waals surface area contributed by atoms with Crippen LogP contribution in [-0.4, -0.2) is 37.0 Å². The number of benzene rings is 2. The Balaban J connectivity index is 1.47. The molecule has 1 fully saturated rings. The number of carbonyl (C=O) groups is 1. The molecule has 2 aromatic carbocycles. The second-order valence-electron chi connectivity index (χ2n) is 6.21. The predicted octanol–water partition coefficient (Wildman–Crippen LogP) is 3.70. The Bertz CT molecular complexity index is 843. The Morgan fingerprint density at radius 2 is 1.67 bits per heavy atom. The van der Waals surface area contributed by atoms with E-state index in [1.165, 1.54) is 11.3 Å². The number of hydrogen-bond donors (Lipinski definition) is 0. The van der Waals surface area contributed by atoms with Gasteiger partial charge in [-0.3, -0.25) is 4.79 Å². The molecule has 0 N–H and O–H groups in total. The number of rotatable bonds is 2. The van der Waals surface area contributed by atoms with Crippen molar-refractivity contribution in [2.45, 2.75) is 6.92 Å². The van der Waals surface area contributed by atoms with Crippen molar-refractivity contribution in [2.24, 2.45) is 0 Å². The number of furan rings is 1. The van der Waals surface area contributed by atoms with Crippen molar-refractivity contribution in [3.05, 3.63) is 65.9 Å². The first-order valence-electron chi connectivity index (χ1n) is 8.31. The maximum absolute atomic E-state index is 12.7. The first kappa shape index (κ1) is 14.8. The molecule has 2 heterocycles. The molecular weight excluding hydrogens is 300 g/mol. The SMILES string of the molecule is Cc1ccccc1N1CCN(C(=O)c2cc3ccccc3o2)CC1. The van der Waals surface area contributed by atoms with Gasteiger partial charge < -0.3 is 14.2 Å². The minimum Gasteiger partial charge on any atom is -0.451 e. The van der Waals surface area contributed by atoms with Gasteiger partial charge in [-0.15, -0.1) is 0 Å². The van der Waals surface area contributed by atoms with Crippen LogP contribution >= 0.6 is 0 Å². The van der Waals surface area contributed by atoms with E-state index < -0.39 is 0 Å². The van der Waals surface area contributed by atoms with Crippen LogP contribution < -0.4 is 4.90 Å². The van der Waals surface area contributed by atoms with Crippen LogP contribution in [0.4, 0.5) is 5.69 Å². The fraction of sp³-hybridized carbons (Fsp3) is 0.250. The summed E-state index contributed by atoms with van der Waals surface area (Å²) in [4.78, 5) is 16.9. The Hall–Kier alpha value is -2.75. The zero-order valence-corrected chi connectivity index (χ0v) is 13.7. The molecule has 0 spiro atoms. The van der Waals surface area contributed by atoms with Gasteiger partial charge in [0.05, 0.1) is 0 Å². The van der Waals surface area contributed by atoms with E-state index in [4.69, 9.17) is 4.42 Å². The van der Waals surface area contributed by atoms with Crippen LogP contribution in [0, 0.1) is 6.92 Å². The van der Waals surface area contributed by atoms with E-state index in [1.54, 1.807) is 0 Å². The molecular formula is C20H20N2O2. The van der Waals surface area contributed by atoms with E-state index in [1.807, 2.05) is 35.2 Å². The fourth-order valence-electron chi connectivity index (χ4n) is 3.31. The normalized spacial score (nSPS) is 15.0. The number of aryl methyl sites for hydroxylation is 1. The van der Waals surface area contributed by atoms with Crippen LogP contribution in [0.2, 0.25) is 0 Å². The molecule has 0 saturated carbocycles. The smallest absolute Gasteiger partial charge is 0.289 e. The van der Waals surface area contributed by atoms with Gasteiger partial charge in [0.2, 0.25) is 0 Å². The molecule has 1 saturated heterocycles. The summed E-state index contributed by atoms with van der Waals surface area (Å²) >= 11 is 0. The maximum Gasteiger partial charge on any atom is 0.289 e. The third kappa shape index (κ3) is 2.64. The molecule has 4 nitrogen and oxygen atoms in total. The van der Waals surface area contributed by atoms with Gasteiger partial charge in [0.1, 0.15) is 5.58 Å². The largest absolute Gasteiger partial charge is 0.451 e. The van der Waals surface area contributed by atoms with Gasteiger partial charge in [-0.2, -0.15) is 0 Å². The summed E-state index contributed by atoms with van der Waals surface area (Å²) in [6.07, 6.45) is 0. The summed E-state index contributed by atoms with van der Waals surface area (Å²) in [5, 5.41) is 0.972. The van der Waals surface area contributed by atoms with E-state index in [9.17, 15) is 4.79 Å². The molecule has 4 heteroatoms. The van der Waals surface area contributed by atoms with Gasteiger partial charge in [-0.25, -0.2) is 0 Å². The predicted molar refractivity (Wildman–Crippen MR) is 95.5 cm³/mol. The molecule has 24 heavy (non-hydrogen) atoms. The summed E-state index contributed by atoms with van der Waals surface area (Å²) in [7, 11) is 0. The van der Waals surface area contributed by atoms with Gasteiger partial charge in [0.15, 0.2) is 5.76 Å². The number of fused-ring (bicyclic) bond motifs is 1. The molecule has 1 aliphatic heterocycles. The van der Waals surface area contributed by atoms with Crippen molar-refractivity contribution in [3.63, 3.8) is 0 Å². The molecule has 0 atom stereocenters. The summed E-state index contributed by atoms with van der Waals surface area (Å²) < 4.78 is 5.71. The van der Waals surface area contributed by atoms with E-state index in [0.29, 0.717) is 18.8 Å². The number of piperazine rings is 1. The highest BCUT2D eigenvalue weighted by atomic mass is 16.3. The fourth-order valence-corrected chi connectivity index (χ4v) is 3.31. The van der Waals surface area contributed by atoms with Gasteiger partial charge in [-0.1, -0.05) is 36.4 Å². The Kier molecular flexibility index (Phi) is 3.73. The van der Waals surface area contributed by atoms with Crippen LogP contribution in [-0.2, 0) is 0 Å². The topological polar surface area (TPSA) is 36.7 Å². The summed E-state index contributed by atoms with van der Waals surface area (Å²) in [5.74, 6) is 0.413. The van der Waals surface area contributed by atoms with Crippen molar-refractivity contribution in [1.29, 1.82) is 0 Å². The number of amides is 1. The summed E-state index contributed by atoms with van der Waals surface area (Å²) in [5.41, 5.74) is 3.29. The number of para-hydroxylation sites is 2. The average molecular weight is 320 g/mol. The molecule has 0 unspecified atom stereocenters. The standard InChI is InChI=1S/C20H20N2O2/c1-15-6-2-4-8-17(15)21-10-12-22(13-11-21)20(23)19-14-16-7-3-5-9-18(16)24-19/h2-9,14H,10-13H2,1H3. The first-order valence-corrected chi connectivity index (χ1v) is 8.31. The molecule has 1 aromatic heterocycles. The molecule has 122 valence electrons. The van der Waals surface area contributed by atoms with Gasteiger partial charge in [0.25, 0.3) is 5.91 Å². The second kappa shape index (κ2) is 6.04. The average Bonchev–Trinajstić information content (AvgIpc) is 3.06. The molecule has 1 amide bonds. The lowest BCUT2D eigenvalue weighted by Gasteiger charge is -2.36. The van der Waals surface area contributed by atoms with Crippen molar-refractivity contribution in [2.75, 3.05) is 31.1 Å². The lowest BCUT2D eigenvalue weighted by Crippen LogP contribution is -2.48. The van der Waals surface area contributed by atoms with Crippen LogP contribution in [0.5, 0.6) is 0 Å². The van der Waals surface area contributed by atoms with Crippen molar-refractivity contribution < 1.29 is 9.21 Å². The first-order chi connectivity index (χ1) is 11.7. The van der Waals surface area contributed by atoms with E-state index in [0.717, 1.165) is 24.1 Å². The molecule has 0 bridgehead atoms. The minimum atomic E-state index is -0.0179. The number of hydrogen-bond acceptors (Lipinski definition) is 3. The van der Waals surface area contributed by atoms with E-state index >= 15 is 0 Å². The van der Waals surface area contributed by atoms with Crippen molar-refractivity contribution in [1.82, 2.24) is 4.90 Å². The third-order valence-corrected chi connectivity index (χ3v) is 4.66. The van der Waals surface area contributed by atoms with Crippen LogP contribution in [0.3, 0.4) is 0 Å². The quantitative estimate of drug-likeness (QED) is 0.722. The Labute approximate surface area is 141 Å². The molecule has 4 rings (SSSR count). The third-order valence-electron chi connectivity index (χ3n) is 4.66. The maximum atomic E-state index is 12.7. The van der Waals surface area contributed by atoms with E-state index in [-0.39, 0.29) is 5.91 Å². The van der Waals surface area contributed by atoms with Gasteiger partial charge in [-0.05, 0) is 30.7 Å². The number of nitrogens with zero attached hydrogens (tertiary/aromatic N) is 2.